The molecular weight excluding hydrogens is 292 g/mol. The van der Waals surface area contributed by atoms with E-state index >= 15 is 0 Å². The molecule has 100 valence electrons. The van der Waals surface area contributed by atoms with Crippen LogP contribution in [0.1, 0.15) is 31.1 Å². The van der Waals surface area contributed by atoms with E-state index in [0.29, 0.717) is 18.2 Å². The molecule has 0 spiro atoms. The Balaban J connectivity index is 2.51. The van der Waals surface area contributed by atoms with Gasteiger partial charge in [0, 0.05) is 22.6 Å². The molecule has 1 aromatic rings. The zero-order chi connectivity index (χ0) is 13.5. The lowest BCUT2D eigenvalue weighted by Gasteiger charge is -2.26. The lowest BCUT2D eigenvalue weighted by Crippen LogP contribution is -2.42. The number of nitrogens with one attached hydrogen (secondary N) is 1. The summed E-state index contributed by atoms with van der Waals surface area (Å²) in [6, 6.07) is 7.79. The number of rotatable bonds is 6. The number of benzene rings is 1. The van der Waals surface area contributed by atoms with E-state index in [1.165, 1.54) is 0 Å². The van der Waals surface area contributed by atoms with Crippen LogP contribution in [0.2, 0.25) is 0 Å². The Kier molecular flexibility index (Phi) is 6.36. The molecule has 1 aromatic carbocycles. The number of hydrogen-bond donors (Lipinski definition) is 1. The van der Waals surface area contributed by atoms with Crippen LogP contribution in [0.3, 0.4) is 0 Å². The zero-order valence-corrected chi connectivity index (χ0v) is 12.8. The maximum absolute atomic E-state index is 12.0. The summed E-state index contributed by atoms with van der Waals surface area (Å²) in [6.45, 7) is 9.09. The fourth-order valence-electron chi connectivity index (χ4n) is 1.95. The Hall–Kier alpha value is -0.870. The number of likely N-dealkylation sites (N-methyl/N-ethyl adjacent to an activating group) is 1. The number of amides is 1. The SMILES string of the molecule is CCN(CC)C(C)CNC(=O)c1cccc(Br)c1. The van der Waals surface area contributed by atoms with Crippen LogP contribution in [-0.2, 0) is 0 Å². The fourth-order valence-corrected chi connectivity index (χ4v) is 2.35. The van der Waals surface area contributed by atoms with Gasteiger partial charge in [-0.1, -0.05) is 35.8 Å². The molecule has 1 atom stereocenters. The highest BCUT2D eigenvalue weighted by molar-refractivity contribution is 9.10. The molecule has 4 heteroatoms. The van der Waals surface area contributed by atoms with E-state index in [0.717, 1.165) is 17.6 Å². The molecule has 3 nitrogen and oxygen atoms in total. The number of halogens is 1. The maximum Gasteiger partial charge on any atom is 0.251 e. The van der Waals surface area contributed by atoms with Crippen LogP contribution < -0.4 is 5.32 Å². The highest BCUT2D eigenvalue weighted by atomic mass is 79.9. The average molecular weight is 313 g/mol. The van der Waals surface area contributed by atoms with E-state index < -0.39 is 0 Å². The van der Waals surface area contributed by atoms with Gasteiger partial charge in [-0.05, 0) is 38.2 Å². The van der Waals surface area contributed by atoms with Gasteiger partial charge < -0.3 is 5.32 Å². The predicted molar refractivity (Wildman–Crippen MR) is 78.9 cm³/mol. The van der Waals surface area contributed by atoms with Crippen molar-refractivity contribution in [3.63, 3.8) is 0 Å². The number of carbonyl (C=O) groups excluding carboxylic acids is 1. The Bertz CT molecular complexity index is 391. The molecule has 1 amide bonds. The van der Waals surface area contributed by atoms with Gasteiger partial charge in [0.05, 0.1) is 0 Å². The molecule has 0 heterocycles. The van der Waals surface area contributed by atoms with Gasteiger partial charge in [0.15, 0.2) is 0 Å². The summed E-state index contributed by atoms with van der Waals surface area (Å²) in [7, 11) is 0. The van der Waals surface area contributed by atoms with Crippen molar-refractivity contribution < 1.29 is 4.79 Å². The first kappa shape index (κ1) is 15.2. The number of carbonyl (C=O) groups is 1. The van der Waals surface area contributed by atoms with E-state index in [4.69, 9.17) is 0 Å². The summed E-state index contributed by atoms with van der Waals surface area (Å²) in [6.07, 6.45) is 0. The summed E-state index contributed by atoms with van der Waals surface area (Å²) in [5, 5.41) is 2.97. The molecule has 1 unspecified atom stereocenters. The Morgan fingerprint density at radius 3 is 2.61 bits per heavy atom. The van der Waals surface area contributed by atoms with Gasteiger partial charge >= 0.3 is 0 Å². The minimum Gasteiger partial charge on any atom is -0.350 e. The lowest BCUT2D eigenvalue weighted by molar-refractivity contribution is 0.0938. The van der Waals surface area contributed by atoms with Gasteiger partial charge in [0.1, 0.15) is 0 Å². The number of nitrogens with zero attached hydrogens (tertiary/aromatic N) is 1. The summed E-state index contributed by atoms with van der Waals surface area (Å²) >= 11 is 3.37. The molecular formula is C14H21BrN2O. The normalized spacial score (nSPS) is 12.5. The van der Waals surface area contributed by atoms with Gasteiger partial charge in [0.25, 0.3) is 5.91 Å². The van der Waals surface area contributed by atoms with Crippen LogP contribution in [0.5, 0.6) is 0 Å². The van der Waals surface area contributed by atoms with Gasteiger partial charge in [-0.2, -0.15) is 0 Å². The maximum atomic E-state index is 12.0. The van der Waals surface area contributed by atoms with Gasteiger partial charge in [-0.15, -0.1) is 0 Å². The summed E-state index contributed by atoms with van der Waals surface area (Å²) < 4.78 is 0.923. The van der Waals surface area contributed by atoms with E-state index in [9.17, 15) is 4.79 Å². The molecule has 0 fully saturated rings. The van der Waals surface area contributed by atoms with Gasteiger partial charge in [-0.25, -0.2) is 0 Å². The van der Waals surface area contributed by atoms with E-state index in [2.05, 4.69) is 46.9 Å². The smallest absolute Gasteiger partial charge is 0.251 e. The molecule has 0 radical (unpaired) electrons. The predicted octanol–water partition coefficient (Wildman–Crippen LogP) is 2.91. The summed E-state index contributed by atoms with van der Waals surface area (Å²) in [5.74, 6) is -0.0182. The molecule has 1 rings (SSSR count). The molecule has 0 aliphatic rings. The second kappa shape index (κ2) is 7.54. The van der Waals surface area contributed by atoms with Crippen LogP contribution in [0.25, 0.3) is 0 Å². The third-order valence-electron chi connectivity index (χ3n) is 3.08. The van der Waals surface area contributed by atoms with Crippen molar-refractivity contribution in [1.29, 1.82) is 0 Å². The largest absolute Gasteiger partial charge is 0.350 e. The first-order valence-corrected chi connectivity index (χ1v) is 7.15. The molecule has 0 aromatic heterocycles. The minimum atomic E-state index is -0.0182. The second-order valence-electron chi connectivity index (χ2n) is 4.29. The summed E-state index contributed by atoms with van der Waals surface area (Å²) in [4.78, 5) is 14.3. The van der Waals surface area contributed by atoms with Crippen molar-refractivity contribution in [2.75, 3.05) is 19.6 Å². The van der Waals surface area contributed by atoms with Crippen molar-refractivity contribution in [2.45, 2.75) is 26.8 Å². The van der Waals surface area contributed by atoms with E-state index in [1.54, 1.807) is 0 Å². The standard InChI is InChI=1S/C14H21BrN2O/c1-4-17(5-2)11(3)10-16-14(18)12-7-6-8-13(15)9-12/h6-9,11H,4-5,10H2,1-3H3,(H,16,18). The molecule has 18 heavy (non-hydrogen) atoms. The average Bonchev–Trinajstić information content (AvgIpc) is 2.37. The molecule has 0 saturated heterocycles. The van der Waals surface area contributed by atoms with Crippen LogP contribution in [0.4, 0.5) is 0 Å². The van der Waals surface area contributed by atoms with Crippen molar-refractivity contribution in [3.8, 4) is 0 Å². The lowest BCUT2D eigenvalue weighted by atomic mass is 10.2. The summed E-state index contributed by atoms with van der Waals surface area (Å²) in [5.41, 5.74) is 0.691. The number of hydrogen-bond acceptors (Lipinski definition) is 2. The first-order chi connectivity index (χ1) is 8.58. The van der Waals surface area contributed by atoms with Gasteiger partial charge in [-0.3, -0.25) is 9.69 Å². The quantitative estimate of drug-likeness (QED) is 0.876. The minimum absolute atomic E-state index is 0.0182. The Morgan fingerprint density at radius 2 is 2.06 bits per heavy atom. The van der Waals surface area contributed by atoms with Crippen molar-refractivity contribution >= 4 is 21.8 Å². The Labute approximate surface area is 118 Å². The second-order valence-corrected chi connectivity index (χ2v) is 5.21. The third-order valence-corrected chi connectivity index (χ3v) is 3.57. The van der Waals surface area contributed by atoms with Crippen molar-refractivity contribution in [2.24, 2.45) is 0 Å². The van der Waals surface area contributed by atoms with Crippen LogP contribution in [-0.4, -0.2) is 36.5 Å². The van der Waals surface area contributed by atoms with E-state index in [-0.39, 0.29) is 5.91 Å². The van der Waals surface area contributed by atoms with Crippen molar-refractivity contribution in [3.05, 3.63) is 34.3 Å². The van der Waals surface area contributed by atoms with Crippen LogP contribution in [0, 0.1) is 0 Å². The molecule has 0 saturated carbocycles. The zero-order valence-electron chi connectivity index (χ0n) is 11.2. The molecule has 0 aliphatic carbocycles. The first-order valence-electron chi connectivity index (χ1n) is 6.36. The highest BCUT2D eigenvalue weighted by Gasteiger charge is 2.12. The molecule has 0 aliphatic heterocycles. The van der Waals surface area contributed by atoms with Crippen LogP contribution in [0.15, 0.2) is 28.7 Å². The fraction of sp³-hybridized carbons (Fsp3) is 0.500. The monoisotopic (exact) mass is 312 g/mol. The Morgan fingerprint density at radius 1 is 1.39 bits per heavy atom. The highest BCUT2D eigenvalue weighted by Crippen LogP contribution is 2.11. The molecule has 1 N–H and O–H groups in total. The third kappa shape index (κ3) is 4.42. The topological polar surface area (TPSA) is 32.3 Å². The van der Waals surface area contributed by atoms with Crippen molar-refractivity contribution in [1.82, 2.24) is 10.2 Å². The van der Waals surface area contributed by atoms with Gasteiger partial charge in [0.2, 0.25) is 0 Å². The van der Waals surface area contributed by atoms with Crippen LogP contribution >= 0.6 is 15.9 Å². The molecule has 0 bridgehead atoms. The van der Waals surface area contributed by atoms with E-state index in [1.807, 2.05) is 24.3 Å².